The molecular weight excluding hydrogens is 308 g/mol. The number of rotatable bonds is 8. The molecule has 138 valence electrons. The Labute approximate surface area is 153 Å². The molecule has 0 bridgehead atoms. The second kappa shape index (κ2) is 7.02. The van der Waals surface area contributed by atoms with E-state index in [1.807, 2.05) is 0 Å². The van der Waals surface area contributed by atoms with Gasteiger partial charge in [-0.2, -0.15) is 0 Å². The highest BCUT2D eigenvalue weighted by molar-refractivity contribution is 5.23. The number of hydrogen-bond donors (Lipinski definition) is 0. The van der Waals surface area contributed by atoms with Crippen LogP contribution in [0.15, 0.2) is 30.3 Å². The van der Waals surface area contributed by atoms with Crippen molar-refractivity contribution < 1.29 is 4.74 Å². The van der Waals surface area contributed by atoms with Gasteiger partial charge in [0, 0.05) is 26.2 Å². The van der Waals surface area contributed by atoms with E-state index in [1.165, 1.54) is 57.5 Å². The zero-order valence-corrected chi connectivity index (χ0v) is 16.0. The lowest BCUT2D eigenvalue weighted by Crippen LogP contribution is -2.31. The summed E-state index contributed by atoms with van der Waals surface area (Å²) in [6.07, 6.45) is 3.92. The van der Waals surface area contributed by atoms with E-state index in [0.717, 1.165) is 25.7 Å². The Morgan fingerprint density at radius 1 is 0.960 bits per heavy atom. The lowest BCUT2D eigenvalue weighted by atomic mass is 10.0. The van der Waals surface area contributed by atoms with Crippen molar-refractivity contribution in [2.75, 3.05) is 52.5 Å². The average molecular weight is 343 g/mol. The van der Waals surface area contributed by atoms with E-state index in [4.69, 9.17) is 4.74 Å². The maximum absolute atomic E-state index is 6.09. The first-order valence-corrected chi connectivity index (χ1v) is 10.2. The van der Waals surface area contributed by atoms with Gasteiger partial charge in [0.15, 0.2) is 0 Å². The Hall–Kier alpha value is -0.900. The maximum atomic E-state index is 6.09. The Balaban J connectivity index is 1.19. The summed E-state index contributed by atoms with van der Waals surface area (Å²) in [5.74, 6) is 0.756. The van der Waals surface area contributed by atoms with Crippen molar-refractivity contribution in [1.82, 2.24) is 9.80 Å². The normalized spacial score (nSPS) is 35.2. The number of nitrogens with zero attached hydrogens (tertiary/aromatic N) is 2. The summed E-state index contributed by atoms with van der Waals surface area (Å²) >= 11 is 0. The van der Waals surface area contributed by atoms with Crippen LogP contribution in [0.2, 0.25) is 0 Å². The number of piperidine rings is 1. The Kier molecular flexibility index (Phi) is 4.91. The minimum Gasteiger partial charge on any atom is -0.380 e. The maximum Gasteiger partial charge on any atom is 0.0593 e. The molecule has 1 aliphatic carbocycles. The number of fused-ring (bicyclic) bond motifs is 1. The van der Waals surface area contributed by atoms with Crippen LogP contribution >= 0.6 is 0 Å². The first-order chi connectivity index (χ1) is 12.1. The van der Waals surface area contributed by atoms with Crippen molar-refractivity contribution in [3.63, 3.8) is 0 Å². The van der Waals surface area contributed by atoms with Crippen LogP contribution in [0, 0.1) is 16.7 Å². The molecule has 2 heterocycles. The minimum atomic E-state index is 0.470. The summed E-state index contributed by atoms with van der Waals surface area (Å²) < 4.78 is 6.09. The Bertz CT molecular complexity index is 553. The number of likely N-dealkylation sites (tertiary alicyclic amines) is 2. The Morgan fingerprint density at radius 3 is 2.32 bits per heavy atom. The van der Waals surface area contributed by atoms with Crippen molar-refractivity contribution in [2.24, 2.45) is 16.7 Å². The number of benzene rings is 1. The molecule has 3 fully saturated rings. The molecule has 2 aliphatic heterocycles. The third-order valence-electron chi connectivity index (χ3n) is 7.46. The van der Waals surface area contributed by atoms with Crippen LogP contribution in [0.5, 0.6) is 0 Å². The molecule has 1 saturated carbocycles. The van der Waals surface area contributed by atoms with Crippen molar-refractivity contribution >= 4 is 0 Å². The quantitative estimate of drug-likeness (QED) is 0.674. The predicted molar refractivity (Wildman–Crippen MR) is 103 cm³/mol. The second-order valence-electron chi connectivity index (χ2n) is 8.96. The van der Waals surface area contributed by atoms with Gasteiger partial charge in [0.2, 0.25) is 0 Å². The van der Waals surface area contributed by atoms with Crippen molar-refractivity contribution in [3.05, 3.63) is 35.9 Å². The molecule has 1 aromatic carbocycles. The number of ether oxygens (including phenoxy) is 1. The van der Waals surface area contributed by atoms with Crippen molar-refractivity contribution in [1.29, 1.82) is 0 Å². The number of hydrogen-bond acceptors (Lipinski definition) is 3. The largest absolute Gasteiger partial charge is 0.380 e. The zero-order valence-electron chi connectivity index (χ0n) is 16.0. The molecule has 2 unspecified atom stereocenters. The van der Waals surface area contributed by atoms with Gasteiger partial charge in [0.05, 0.1) is 13.2 Å². The average Bonchev–Trinajstić information content (AvgIpc) is 3.03. The van der Waals surface area contributed by atoms with E-state index >= 15 is 0 Å². The molecule has 3 heteroatoms. The topological polar surface area (TPSA) is 15.7 Å². The van der Waals surface area contributed by atoms with Crippen LogP contribution in [0.4, 0.5) is 0 Å². The molecule has 1 aromatic rings. The van der Waals surface area contributed by atoms with Crippen LogP contribution in [-0.4, -0.2) is 62.3 Å². The van der Waals surface area contributed by atoms with E-state index in [1.54, 1.807) is 0 Å². The lowest BCUT2D eigenvalue weighted by Gasteiger charge is -2.23. The molecule has 0 amide bonds. The van der Waals surface area contributed by atoms with Gasteiger partial charge in [-0.1, -0.05) is 44.2 Å². The molecule has 0 radical (unpaired) electrons. The monoisotopic (exact) mass is 342 g/mol. The van der Waals surface area contributed by atoms with Crippen LogP contribution in [0.25, 0.3) is 0 Å². The molecule has 25 heavy (non-hydrogen) atoms. The first kappa shape index (κ1) is 17.5. The van der Waals surface area contributed by atoms with Gasteiger partial charge in [0.1, 0.15) is 0 Å². The minimum absolute atomic E-state index is 0.470. The van der Waals surface area contributed by atoms with E-state index in [9.17, 15) is 0 Å². The third-order valence-corrected chi connectivity index (χ3v) is 7.46. The van der Waals surface area contributed by atoms with Gasteiger partial charge in [0.25, 0.3) is 0 Å². The molecule has 0 aromatic heterocycles. The summed E-state index contributed by atoms with van der Waals surface area (Å²) in [4.78, 5) is 5.22. The molecule has 2 atom stereocenters. The summed E-state index contributed by atoms with van der Waals surface area (Å²) in [7, 11) is 0. The van der Waals surface area contributed by atoms with Crippen molar-refractivity contribution in [3.8, 4) is 0 Å². The second-order valence-corrected chi connectivity index (χ2v) is 8.96. The molecule has 3 nitrogen and oxygen atoms in total. The van der Waals surface area contributed by atoms with Crippen LogP contribution in [0.1, 0.15) is 32.3 Å². The van der Waals surface area contributed by atoms with Gasteiger partial charge >= 0.3 is 0 Å². The summed E-state index contributed by atoms with van der Waals surface area (Å²) in [5.41, 5.74) is 2.40. The fourth-order valence-corrected chi connectivity index (χ4v) is 5.50. The van der Waals surface area contributed by atoms with Crippen LogP contribution in [-0.2, 0) is 11.2 Å². The highest BCUT2D eigenvalue weighted by atomic mass is 16.5. The van der Waals surface area contributed by atoms with Gasteiger partial charge < -0.3 is 14.5 Å². The SMILES string of the molecule is CC12CN(CCc3ccccc3)CC1(C)C2COCCN1CCCC1. The van der Waals surface area contributed by atoms with E-state index in [2.05, 4.69) is 54.0 Å². The van der Waals surface area contributed by atoms with Gasteiger partial charge in [-0.25, -0.2) is 0 Å². The smallest absolute Gasteiger partial charge is 0.0593 e. The van der Waals surface area contributed by atoms with Gasteiger partial charge in [-0.3, -0.25) is 0 Å². The Morgan fingerprint density at radius 2 is 1.64 bits per heavy atom. The predicted octanol–water partition coefficient (Wildman–Crippen LogP) is 3.30. The van der Waals surface area contributed by atoms with Crippen LogP contribution in [0.3, 0.4) is 0 Å². The molecule has 2 saturated heterocycles. The van der Waals surface area contributed by atoms with Crippen LogP contribution < -0.4 is 0 Å². The van der Waals surface area contributed by atoms with E-state index in [0.29, 0.717) is 10.8 Å². The molecule has 0 spiro atoms. The molecule has 0 N–H and O–H groups in total. The van der Waals surface area contributed by atoms with E-state index < -0.39 is 0 Å². The fraction of sp³-hybridized carbons (Fsp3) is 0.727. The highest BCUT2D eigenvalue weighted by Gasteiger charge is 2.74. The highest BCUT2D eigenvalue weighted by Crippen LogP contribution is 2.72. The van der Waals surface area contributed by atoms with Gasteiger partial charge in [-0.05, 0) is 54.7 Å². The fourth-order valence-electron chi connectivity index (χ4n) is 5.50. The summed E-state index contributed by atoms with van der Waals surface area (Å²) in [5, 5.41) is 0. The van der Waals surface area contributed by atoms with Crippen molar-refractivity contribution in [2.45, 2.75) is 33.1 Å². The van der Waals surface area contributed by atoms with E-state index in [-0.39, 0.29) is 0 Å². The van der Waals surface area contributed by atoms with Gasteiger partial charge in [-0.15, -0.1) is 0 Å². The summed E-state index contributed by atoms with van der Waals surface area (Å²) in [6, 6.07) is 10.9. The molecule has 4 rings (SSSR count). The standard InChI is InChI=1S/C22H34N2O/c1-21-17-24(13-10-19-8-4-3-5-9-19)18-22(21,2)20(21)16-25-15-14-23-11-6-7-12-23/h3-5,8-9,20H,6-7,10-18H2,1-2H3. The molecule has 3 aliphatic rings. The third kappa shape index (κ3) is 3.39. The lowest BCUT2D eigenvalue weighted by molar-refractivity contribution is 0.0820. The first-order valence-electron chi connectivity index (χ1n) is 10.2. The molecular formula is C22H34N2O. The summed E-state index contributed by atoms with van der Waals surface area (Å²) in [6.45, 7) is 14.2. The zero-order chi connectivity index (χ0) is 17.3.